The molecule has 138 valence electrons. The maximum Gasteiger partial charge on any atom is 0.211 e. The average molecular weight is 372 g/mol. The second-order valence-electron chi connectivity index (χ2n) is 6.96. The Labute approximate surface area is 158 Å². The van der Waals surface area contributed by atoms with Gasteiger partial charge in [0.15, 0.2) is 0 Å². The van der Waals surface area contributed by atoms with E-state index < -0.39 is 0 Å². The zero-order chi connectivity index (χ0) is 18.1. The van der Waals surface area contributed by atoms with E-state index in [4.69, 9.17) is 4.74 Å². The summed E-state index contributed by atoms with van der Waals surface area (Å²) in [5.74, 6) is 1.07. The van der Waals surface area contributed by atoms with Crippen LogP contribution in [0.15, 0.2) is 30.5 Å². The van der Waals surface area contributed by atoms with Gasteiger partial charge >= 0.3 is 0 Å². The molecule has 1 atom stereocenters. The van der Waals surface area contributed by atoms with Crippen molar-refractivity contribution in [1.82, 2.24) is 15.1 Å². The molecule has 0 aliphatic carbocycles. The van der Waals surface area contributed by atoms with Crippen molar-refractivity contribution in [2.45, 2.75) is 26.3 Å². The Morgan fingerprint density at radius 1 is 1.27 bits per heavy atom. The summed E-state index contributed by atoms with van der Waals surface area (Å²) in [5, 5.41) is 13.4. The molecule has 1 aromatic heterocycles. The lowest BCUT2D eigenvalue weighted by Crippen LogP contribution is -2.47. The fraction of sp³-hybridized carbons (Fsp3) is 0.474. The number of nitrogens with zero attached hydrogens (tertiary/aromatic N) is 4. The van der Waals surface area contributed by atoms with Crippen molar-refractivity contribution < 1.29 is 4.74 Å². The van der Waals surface area contributed by atoms with Crippen LogP contribution in [-0.2, 0) is 6.42 Å². The van der Waals surface area contributed by atoms with Gasteiger partial charge in [-0.25, -0.2) is 0 Å². The first-order valence-electron chi connectivity index (χ1n) is 9.11. The molecule has 7 heteroatoms. The third kappa shape index (κ3) is 3.54. The molecule has 1 N–H and O–H groups in total. The van der Waals surface area contributed by atoms with E-state index in [-0.39, 0.29) is 0 Å². The summed E-state index contributed by atoms with van der Waals surface area (Å²) >= 11 is 1.58. The molecule has 0 saturated carbocycles. The summed E-state index contributed by atoms with van der Waals surface area (Å²) < 4.78 is 5.73. The van der Waals surface area contributed by atoms with E-state index in [0.29, 0.717) is 6.04 Å². The van der Waals surface area contributed by atoms with E-state index >= 15 is 0 Å². The van der Waals surface area contributed by atoms with Crippen LogP contribution in [0.3, 0.4) is 0 Å². The third-order valence-electron chi connectivity index (χ3n) is 5.07. The van der Waals surface area contributed by atoms with E-state index in [1.807, 2.05) is 6.92 Å². The normalized spacial score (nSPS) is 18.3. The van der Waals surface area contributed by atoms with Gasteiger partial charge in [-0.1, -0.05) is 30.0 Å². The summed E-state index contributed by atoms with van der Waals surface area (Å²) in [6, 6.07) is 7.09. The van der Waals surface area contributed by atoms with Crippen LogP contribution >= 0.6 is 11.3 Å². The number of aromatic nitrogens is 2. The number of hydrogen-bond donors (Lipinski definition) is 1. The molecule has 0 bridgehead atoms. The summed E-state index contributed by atoms with van der Waals surface area (Å²) in [6.07, 6.45) is 1.03. The summed E-state index contributed by atoms with van der Waals surface area (Å²) in [7, 11) is 0. The smallest absolute Gasteiger partial charge is 0.211 e. The van der Waals surface area contributed by atoms with E-state index in [1.165, 1.54) is 11.1 Å². The van der Waals surface area contributed by atoms with Crippen LogP contribution in [0.5, 0.6) is 5.75 Å². The van der Waals surface area contributed by atoms with Crippen LogP contribution in [0.4, 0.5) is 10.3 Å². The number of piperazine rings is 1. The lowest BCUT2D eigenvalue weighted by molar-refractivity contribution is 0.198. The molecule has 1 aromatic carbocycles. The van der Waals surface area contributed by atoms with E-state index in [9.17, 15) is 0 Å². The third-order valence-corrected chi connectivity index (χ3v) is 5.97. The molecule has 6 nitrogen and oxygen atoms in total. The Morgan fingerprint density at radius 2 is 2.08 bits per heavy atom. The minimum Gasteiger partial charge on any atom is -0.493 e. The number of hydrogen-bond acceptors (Lipinski definition) is 7. The second kappa shape index (κ2) is 7.25. The van der Waals surface area contributed by atoms with Crippen molar-refractivity contribution >= 4 is 21.6 Å². The van der Waals surface area contributed by atoms with Crippen LogP contribution in [0.25, 0.3) is 0 Å². The largest absolute Gasteiger partial charge is 0.493 e. The Morgan fingerprint density at radius 3 is 2.85 bits per heavy atom. The van der Waals surface area contributed by atoms with Gasteiger partial charge in [0.25, 0.3) is 0 Å². The molecule has 4 rings (SSSR count). The molecule has 1 saturated heterocycles. The van der Waals surface area contributed by atoms with Gasteiger partial charge in [-0.15, -0.1) is 10.2 Å². The van der Waals surface area contributed by atoms with Crippen LogP contribution in [-0.4, -0.2) is 47.9 Å². The molecule has 2 aromatic rings. The standard InChI is InChI=1S/C19H25N5OS/c1-13(2)20-18-21-22-19(26-18)24-9-7-23(8-10-24)14(3)16-5-4-15-6-11-25-17(15)12-16/h4-5,12,14H,1,6-11H2,2-3H3,(H,20,21). The highest BCUT2D eigenvalue weighted by atomic mass is 32.1. The van der Waals surface area contributed by atoms with E-state index in [0.717, 1.165) is 60.9 Å². The van der Waals surface area contributed by atoms with Gasteiger partial charge in [0.1, 0.15) is 5.75 Å². The maximum absolute atomic E-state index is 5.73. The van der Waals surface area contributed by atoms with Gasteiger partial charge in [0.2, 0.25) is 10.3 Å². The first-order chi connectivity index (χ1) is 12.6. The lowest BCUT2D eigenvalue weighted by atomic mass is 10.0. The molecular formula is C19H25N5OS. The van der Waals surface area contributed by atoms with Crippen LogP contribution in [0.1, 0.15) is 31.0 Å². The maximum atomic E-state index is 5.73. The fourth-order valence-corrected chi connectivity index (χ4v) is 4.40. The molecule has 1 unspecified atom stereocenters. The minimum absolute atomic E-state index is 0.390. The summed E-state index contributed by atoms with van der Waals surface area (Å²) in [6.45, 7) is 12.8. The average Bonchev–Trinajstić information content (AvgIpc) is 3.29. The Balaban J connectivity index is 1.37. The molecule has 26 heavy (non-hydrogen) atoms. The highest BCUT2D eigenvalue weighted by Gasteiger charge is 2.25. The number of anilines is 2. The van der Waals surface area contributed by atoms with Gasteiger partial charge in [-0.05, 0) is 31.0 Å². The molecular weight excluding hydrogens is 346 g/mol. The first kappa shape index (κ1) is 17.3. The highest BCUT2D eigenvalue weighted by Crippen LogP contribution is 2.32. The van der Waals surface area contributed by atoms with Gasteiger partial charge in [0, 0.05) is 44.3 Å². The Hall–Kier alpha value is -2.12. The van der Waals surface area contributed by atoms with Crippen LogP contribution in [0.2, 0.25) is 0 Å². The number of fused-ring (bicyclic) bond motifs is 1. The van der Waals surface area contributed by atoms with Crippen molar-refractivity contribution in [2.75, 3.05) is 43.0 Å². The lowest BCUT2D eigenvalue weighted by Gasteiger charge is -2.38. The van der Waals surface area contributed by atoms with Crippen molar-refractivity contribution in [3.63, 3.8) is 0 Å². The van der Waals surface area contributed by atoms with Crippen LogP contribution in [0, 0.1) is 0 Å². The molecule has 0 amide bonds. The monoisotopic (exact) mass is 371 g/mol. The van der Waals surface area contributed by atoms with Gasteiger partial charge in [0.05, 0.1) is 6.61 Å². The topological polar surface area (TPSA) is 53.5 Å². The molecule has 0 radical (unpaired) electrons. The summed E-state index contributed by atoms with van der Waals surface area (Å²) in [5.41, 5.74) is 3.55. The van der Waals surface area contributed by atoms with E-state index in [1.54, 1.807) is 11.3 Å². The quantitative estimate of drug-likeness (QED) is 0.870. The van der Waals surface area contributed by atoms with Crippen molar-refractivity contribution in [2.24, 2.45) is 0 Å². The predicted octanol–water partition coefficient (Wildman–Crippen LogP) is 3.30. The first-order valence-corrected chi connectivity index (χ1v) is 9.92. The molecule has 2 aliphatic rings. The number of ether oxygens (including phenoxy) is 1. The molecule has 2 aliphatic heterocycles. The Bertz CT molecular complexity index is 797. The SMILES string of the molecule is C=C(C)Nc1nnc(N2CCN(C(C)c3ccc4c(c3)OCC4)CC2)s1. The number of allylic oxidation sites excluding steroid dienone is 1. The molecule has 0 spiro atoms. The van der Waals surface area contributed by atoms with Gasteiger partial charge in [-0.2, -0.15) is 0 Å². The summed E-state index contributed by atoms with van der Waals surface area (Å²) in [4.78, 5) is 4.84. The molecule has 1 fully saturated rings. The van der Waals surface area contributed by atoms with Crippen molar-refractivity contribution in [3.8, 4) is 5.75 Å². The zero-order valence-corrected chi connectivity index (χ0v) is 16.2. The zero-order valence-electron chi connectivity index (χ0n) is 15.4. The van der Waals surface area contributed by atoms with Gasteiger partial charge < -0.3 is 15.0 Å². The molecule has 3 heterocycles. The van der Waals surface area contributed by atoms with Crippen molar-refractivity contribution in [1.29, 1.82) is 0 Å². The number of benzene rings is 1. The highest BCUT2D eigenvalue weighted by molar-refractivity contribution is 7.19. The number of rotatable bonds is 5. The van der Waals surface area contributed by atoms with E-state index in [2.05, 4.69) is 57.0 Å². The second-order valence-corrected chi connectivity index (χ2v) is 7.92. The minimum atomic E-state index is 0.390. The predicted molar refractivity (Wildman–Crippen MR) is 106 cm³/mol. The number of nitrogens with one attached hydrogen (secondary N) is 1. The Kier molecular flexibility index (Phi) is 4.82. The fourth-order valence-electron chi connectivity index (χ4n) is 3.53. The van der Waals surface area contributed by atoms with Crippen molar-refractivity contribution in [3.05, 3.63) is 41.6 Å². The van der Waals surface area contributed by atoms with Crippen LogP contribution < -0.4 is 15.0 Å². The van der Waals surface area contributed by atoms with Gasteiger partial charge in [-0.3, -0.25) is 4.90 Å².